The molecule has 0 bridgehead atoms. The van der Waals surface area contributed by atoms with Crippen molar-refractivity contribution in [1.82, 2.24) is 4.98 Å². The number of benzene rings is 7. The van der Waals surface area contributed by atoms with E-state index < -0.39 is 0 Å². The normalized spacial score (nSPS) is 11.3. The molecule has 0 spiro atoms. The summed E-state index contributed by atoms with van der Waals surface area (Å²) in [6.45, 7) is 0. The van der Waals surface area contributed by atoms with Gasteiger partial charge in [0.1, 0.15) is 16.7 Å². The molecule has 0 aliphatic rings. The Morgan fingerprint density at radius 1 is 0.396 bits per heavy atom. The molecule has 9 rings (SSSR count). The summed E-state index contributed by atoms with van der Waals surface area (Å²) in [5.41, 5.74) is 9.92. The number of furan rings is 1. The second kappa shape index (κ2) is 11.6. The maximum absolute atomic E-state index is 6.64. The lowest BCUT2D eigenvalue weighted by molar-refractivity contribution is 0.620. The molecule has 7 aromatic carbocycles. The Morgan fingerprint density at radius 3 is 1.58 bits per heavy atom. The minimum atomic E-state index is 0.569. The number of oxazole rings is 1. The zero-order valence-electron chi connectivity index (χ0n) is 25.9. The lowest BCUT2D eigenvalue weighted by atomic mass is 10.1. The highest BCUT2D eigenvalue weighted by atomic mass is 16.3. The number of anilines is 6. The van der Waals surface area contributed by atoms with Gasteiger partial charge in [-0.1, -0.05) is 97.1 Å². The summed E-state index contributed by atoms with van der Waals surface area (Å²) in [7, 11) is 0. The van der Waals surface area contributed by atoms with E-state index in [-0.39, 0.29) is 0 Å². The minimum absolute atomic E-state index is 0.569. The third-order valence-corrected chi connectivity index (χ3v) is 8.64. The summed E-state index contributed by atoms with van der Waals surface area (Å²) in [5, 5.41) is 2.11. The Labute approximate surface area is 277 Å². The fourth-order valence-electron chi connectivity index (χ4n) is 6.53. The summed E-state index contributed by atoms with van der Waals surface area (Å²) in [6, 6.07) is 60.1. The number of hydrogen-bond acceptors (Lipinski definition) is 5. The van der Waals surface area contributed by atoms with Crippen molar-refractivity contribution < 1.29 is 8.83 Å². The van der Waals surface area contributed by atoms with Gasteiger partial charge in [-0.05, 0) is 72.8 Å². The number of aromatic nitrogens is 1. The molecule has 0 saturated heterocycles. The van der Waals surface area contributed by atoms with Gasteiger partial charge < -0.3 is 18.6 Å². The molecule has 0 aliphatic heterocycles. The summed E-state index contributed by atoms with van der Waals surface area (Å²) in [4.78, 5) is 9.68. The Bertz CT molecular complexity index is 2470. The first kappa shape index (κ1) is 27.7. The summed E-state index contributed by atoms with van der Waals surface area (Å²) in [6.07, 6.45) is 0. The molecule has 48 heavy (non-hydrogen) atoms. The number of rotatable bonds is 7. The maximum atomic E-state index is 6.64. The minimum Gasteiger partial charge on any atom is -0.456 e. The molecular weight excluding hydrogens is 590 g/mol. The van der Waals surface area contributed by atoms with E-state index in [9.17, 15) is 0 Å². The van der Waals surface area contributed by atoms with E-state index in [1.807, 2.05) is 66.7 Å². The van der Waals surface area contributed by atoms with E-state index >= 15 is 0 Å². The van der Waals surface area contributed by atoms with Crippen LogP contribution in [-0.2, 0) is 0 Å². The van der Waals surface area contributed by atoms with Crippen LogP contribution in [0.4, 0.5) is 34.1 Å². The molecule has 0 radical (unpaired) electrons. The Kier molecular flexibility index (Phi) is 6.72. The van der Waals surface area contributed by atoms with Gasteiger partial charge in [-0.15, -0.1) is 0 Å². The van der Waals surface area contributed by atoms with Gasteiger partial charge in [0.05, 0.1) is 22.4 Å². The van der Waals surface area contributed by atoms with Crippen molar-refractivity contribution in [3.05, 3.63) is 176 Å². The highest BCUT2D eigenvalue weighted by Crippen LogP contribution is 2.47. The average Bonchev–Trinajstić information content (AvgIpc) is 3.76. The summed E-state index contributed by atoms with van der Waals surface area (Å²) in [5.74, 6) is 0.569. The fraction of sp³-hybridized carbons (Fsp3) is 0. The topological polar surface area (TPSA) is 45.7 Å². The quantitative estimate of drug-likeness (QED) is 0.178. The van der Waals surface area contributed by atoms with Crippen molar-refractivity contribution in [2.24, 2.45) is 0 Å². The lowest BCUT2D eigenvalue weighted by Crippen LogP contribution is -2.14. The van der Waals surface area contributed by atoms with E-state index in [0.29, 0.717) is 11.5 Å². The van der Waals surface area contributed by atoms with E-state index in [1.165, 1.54) is 0 Å². The smallest absolute Gasteiger partial charge is 0.227 e. The van der Waals surface area contributed by atoms with Crippen LogP contribution in [0.5, 0.6) is 0 Å². The molecule has 0 unspecified atom stereocenters. The van der Waals surface area contributed by atoms with Gasteiger partial charge in [0.25, 0.3) is 0 Å². The molecule has 0 amide bonds. The van der Waals surface area contributed by atoms with Crippen LogP contribution in [-0.4, -0.2) is 4.98 Å². The largest absolute Gasteiger partial charge is 0.456 e. The van der Waals surface area contributed by atoms with Crippen LogP contribution in [0.15, 0.2) is 185 Å². The van der Waals surface area contributed by atoms with Gasteiger partial charge in [0, 0.05) is 34.1 Å². The monoisotopic (exact) mass is 619 g/mol. The molecule has 0 saturated carbocycles. The Morgan fingerprint density at radius 2 is 0.938 bits per heavy atom. The third kappa shape index (κ3) is 4.77. The van der Waals surface area contributed by atoms with Crippen LogP contribution in [0.2, 0.25) is 0 Å². The third-order valence-electron chi connectivity index (χ3n) is 8.64. The van der Waals surface area contributed by atoms with Gasteiger partial charge in [-0.3, -0.25) is 0 Å². The average molecular weight is 620 g/mol. The molecule has 0 atom stereocenters. The van der Waals surface area contributed by atoms with Crippen molar-refractivity contribution >= 4 is 67.2 Å². The lowest BCUT2D eigenvalue weighted by Gasteiger charge is -2.29. The van der Waals surface area contributed by atoms with Crippen molar-refractivity contribution in [3.63, 3.8) is 0 Å². The number of para-hydroxylation sites is 4. The second-order valence-electron chi connectivity index (χ2n) is 11.6. The van der Waals surface area contributed by atoms with E-state index in [4.69, 9.17) is 13.8 Å². The molecule has 9 aromatic rings. The number of fused-ring (bicyclic) bond motifs is 4. The van der Waals surface area contributed by atoms with E-state index in [0.717, 1.165) is 67.1 Å². The van der Waals surface area contributed by atoms with E-state index in [2.05, 4.69) is 119 Å². The van der Waals surface area contributed by atoms with Gasteiger partial charge in [-0.25, -0.2) is 4.98 Å². The first-order chi connectivity index (χ1) is 23.8. The molecule has 228 valence electrons. The molecule has 5 heteroatoms. The van der Waals surface area contributed by atoms with Crippen LogP contribution in [0.3, 0.4) is 0 Å². The molecule has 0 N–H and O–H groups in total. The van der Waals surface area contributed by atoms with Crippen LogP contribution >= 0.6 is 0 Å². The predicted molar refractivity (Wildman–Crippen MR) is 196 cm³/mol. The fourth-order valence-corrected chi connectivity index (χ4v) is 6.53. The maximum Gasteiger partial charge on any atom is 0.227 e. The summed E-state index contributed by atoms with van der Waals surface area (Å²) >= 11 is 0. The molecule has 5 nitrogen and oxygen atoms in total. The molecular formula is C43H29N3O2. The summed E-state index contributed by atoms with van der Waals surface area (Å²) < 4.78 is 13.0. The number of nitrogens with zero attached hydrogens (tertiary/aromatic N) is 3. The van der Waals surface area contributed by atoms with E-state index in [1.54, 1.807) is 0 Å². The molecule has 0 aliphatic carbocycles. The van der Waals surface area contributed by atoms with Gasteiger partial charge in [0.15, 0.2) is 5.58 Å². The number of hydrogen-bond donors (Lipinski definition) is 0. The van der Waals surface area contributed by atoms with Crippen LogP contribution in [0.25, 0.3) is 44.5 Å². The first-order valence-electron chi connectivity index (χ1n) is 16.0. The molecule has 2 aromatic heterocycles. The zero-order chi connectivity index (χ0) is 31.9. The zero-order valence-corrected chi connectivity index (χ0v) is 25.9. The van der Waals surface area contributed by atoms with Crippen LogP contribution in [0, 0.1) is 0 Å². The van der Waals surface area contributed by atoms with Crippen LogP contribution in [0.1, 0.15) is 0 Å². The van der Waals surface area contributed by atoms with Crippen molar-refractivity contribution in [2.75, 3.05) is 9.80 Å². The van der Waals surface area contributed by atoms with Crippen LogP contribution < -0.4 is 9.80 Å². The van der Waals surface area contributed by atoms with Crippen molar-refractivity contribution in [3.8, 4) is 11.5 Å². The SMILES string of the molecule is c1ccc(-c2nc3c(N(c4ccccc4)c4ccccc4)cc(N(c4ccccc4)c4cccc5oc6ccccc6c45)cc3o2)cc1. The first-order valence-corrected chi connectivity index (χ1v) is 16.0. The molecule has 2 heterocycles. The van der Waals surface area contributed by atoms with Crippen molar-refractivity contribution in [2.45, 2.75) is 0 Å². The predicted octanol–water partition coefficient (Wildman–Crippen LogP) is 12.3. The standard InChI is InChI=1S/C43H29N3O2/c1-5-16-30(17-6-1)43-44-42-37(45(31-18-7-2-8-19-31)32-20-9-3-10-21-32)28-34(29-40(42)48-43)46(33-22-11-4-12-23-33)36-25-15-27-39-41(36)35-24-13-14-26-38(35)47-39/h1-29H. The van der Waals surface area contributed by atoms with Gasteiger partial charge >= 0.3 is 0 Å². The molecule has 0 fully saturated rings. The highest BCUT2D eigenvalue weighted by Gasteiger charge is 2.25. The van der Waals surface area contributed by atoms with Gasteiger partial charge in [-0.2, -0.15) is 0 Å². The van der Waals surface area contributed by atoms with Gasteiger partial charge in [0.2, 0.25) is 5.89 Å². The second-order valence-corrected chi connectivity index (χ2v) is 11.6. The Hall–Kier alpha value is -6.59. The Balaban J connectivity index is 1.36. The van der Waals surface area contributed by atoms with Crippen molar-refractivity contribution in [1.29, 1.82) is 0 Å². The highest BCUT2D eigenvalue weighted by molar-refractivity contribution is 6.13.